The van der Waals surface area contributed by atoms with Crippen molar-refractivity contribution in [3.63, 3.8) is 0 Å². The van der Waals surface area contributed by atoms with Crippen LogP contribution in [0.2, 0.25) is 0 Å². The number of allylic oxidation sites excluding steroid dienone is 5. The number of phosphoric acid groups is 1. The van der Waals surface area contributed by atoms with Crippen LogP contribution >= 0.6 is 7.82 Å². The quantitative estimate of drug-likeness (QED) is 0.0177. The lowest BCUT2D eigenvalue weighted by molar-refractivity contribution is -0.220. The molecule has 0 spiro atoms. The monoisotopic (exact) mass is 848 g/mol. The van der Waals surface area contributed by atoms with Crippen molar-refractivity contribution in [3.05, 3.63) is 36.5 Å². The van der Waals surface area contributed by atoms with Crippen LogP contribution < -0.4 is 5.32 Å². The average Bonchev–Trinajstić information content (AvgIpc) is 3.19. The SMILES string of the molecule is CCCC/C=C/CC/C=C/C(O)C(COP(=O)(O)OC1C(O)C(O)C(O)C(O)C1O)NC(=O)CC(O)CCCCCCC/C=C\CCCCCCCCCCCCC. The summed E-state index contributed by atoms with van der Waals surface area (Å²) in [6.45, 7) is 3.62. The number of nitrogens with one attached hydrogen (secondary N) is 1. The zero-order valence-corrected chi connectivity index (χ0v) is 36.6. The van der Waals surface area contributed by atoms with Crippen molar-refractivity contribution in [2.45, 2.75) is 229 Å². The summed E-state index contributed by atoms with van der Waals surface area (Å²) in [5.74, 6) is -0.612. The van der Waals surface area contributed by atoms with Crippen LogP contribution in [0.3, 0.4) is 0 Å². The van der Waals surface area contributed by atoms with Gasteiger partial charge in [0.1, 0.15) is 36.6 Å². The Bertz CT molecular complexity index is 1140. The Morgan fingerprint density at radius 2 is 1.03 bits per heavy atom. The molecular weight excluding hydrogens is 765 g/mol. The molecule has 58 heavy (non-hydrogen) atoms. The first-order chi connectivity index (χ1) is 27.8. The molecule has 0 aromatic carbocycles. The molecule has 340 valence electrons. The van der Waals surface area contributed by atoms with Crippen LogP contribution in [0, 0.1) is 0 Å². The van der Waals surface area contributed by atoms with Gasteiger partial charge >= 0.3 is 7.82 Å². The lowest BCUT2D eigenvalue weighted by Crippen LogP contribution is -2.64. The minimum absolute atomic E-state index is 0.259. The molecule has 0 aromatic rings. The smallest absolute Gasteiger partial charge is 0.393 e. The van der Waals surface area contributed by atoms with E-state index in [0.29, 0.717) is 12.8 Å². The molecule has 0 aromatic heterocycles. The third kappa shape index (κ3) is 26.0. The summed E-state index contributed by atoms with van der Waals surface area (Å²) < 4.78 is 22.7. The minimum atomic E-state index is -5.14. The molecule has 1 aliphatic rings. The summed E-state index contributed by atoms with van der Waals surface area (Å²) in [7, 11) is -5.14. The van der Waals surface area contributed by atoms with Crippen LogP contribution in [0.1, 0.15) is 174 Å². The van der Waals surface area contributed by atoms with Gasteiger partial charge in [-0.15, -0.1) is 0 Å². The number of aliphatic hydroxyl groups is 7. The largest absolute Gasteiger partial charge is 0.472 e. The highest BCUT2D eigenvalue weighted by Gasteiger charge is 2.51. The maximum atomic E-state index is 12.9. The molecule has 1 fully saturated rings. The van der Waals surface area contributed by atoms with Crippen LogP contribution in [0.15, 0.2) is 36.5 Å². The van der Waals surface area contributed by atoms with Crippen molar-refractivity contribution < 1.29 is 59.0 Å². The van der Waals surface area contributed by atoms with E-state index in [1.807, 2.05) is 6.08 Å². The maximum absolute atomic E-state index is 12.9. The van der Waals surface area contributed by atoms with Crippen molar-refractivity contribution in [2.75, 3.05) is 6.61 Å². The van der Waals surface area contributed by atoms with E-state index in [1.165, 1.54) is 76.7 Å². The van der Waals surface area contributed by atoms with E-state index in [1.54, 1.807) is 6.08 Å². The fourth-order valence-corrected chi connectivity index (χ4v) is 7.91. The first-order valence-electron chi connectivity index (χ1n) is 22.5. The van der Waals surface area contributed by atoms with Gasteiger partial charge in [-0.25, -0.2) is 4.57 Å². The summed E-state index contributed by atoms with van der Waals surface area (Å²) in [6, 6.07) is -1.26. The van der Waals surface area contributed by atoms with Gasteiger partial charge in [-0.05, 0) is 51.4 Å². The third-order valence-electron chi connectivity index (χ3n) is 10.7. The van der Waals surface area contributed by atoms with Gasteiger partial charge in [0.15, 0.2) is 0 Å². The number of amides is 1. The maximum Gasteiger partial charge on any atom is 0.472 e. The van der Waals surface area contributed by atoms with Gasteiger partial charge in [0.05, 0.1) is 31.3 Å². The molecule has 0 bridgehead atoms. The predicted octanol–water partition coefficient (Wildman–Crippen LogP) is 6.97. The van der Waals surface area contributed by atoms with Gasteiger partial charge in [-0.2, -0.15) is 0 Å². The van der Waals surface area contributed by atoms with E-state index in [2.05, 4.69) is 37.4 Å². The van der Waals surface area contributed by atoms with E-state index in [4.69, 9.17) is 9.05 Å². The van der Waals surface area contributed by atoms with E-state index < -0.39 is 75.2 Å². The molecule has 1 saturated carbocycles. The molecule has 0 heterocycles. The lowest BCUT2D eigenvalue weighted by Gasteiger charge is -2.41. The molecule has 0 saturated heterocycles. The van der Waals surface area contributed by atoms with Gasteiger partial charge in [0.25, 0.3) is 0 Å². The summed E-state index contributed by atoms with van der Waals surface area (Å²) in [5, 5.41) is 74.1. The Labute approximate surface area is 349 Å². The van der Waals surface area contributed by atoms with E-state index >= 15 is 0 Å². The second kappa shape index (κ2) is 34.1. The van der Waals surface area contributed by atoms with Crippen molar-refractivity contribution in [2.24, 2.45) is 0 Å². The van der Waals surface area contributed by atoms with Crippen LogP contribution in [-0.4, -0.2) is 108 Å². The Morgan fingerprint density at radius 3 is 1.57 bits per heavy atom. The van der Waals surface area contributed by atoms with Gasteiger partial charge in [0, 0.05) is 0 Å². The van der Waals surface area contributed by atoms with Gasteiger partial charge in [-0.1, -0.05) is 153 Å². The number of rotatable bonds is 36. The van der Waals surface area contributed by atoms with Crippen molar-refractivity contribution >= 4 is 13.7 Å². The fraction of sp³-hybridized carbons (Fsp3) is 0.841. The Morgan fingerprint density at radius 1 is 0.603 bits per heavy atom. The molecule has 9 N–H and O–H groups in total. The van der Waals surface area contributed by atoms with Crippen molar-refractivity contribution in [1.82, 2.24) is 5.32 Å². The molecule has 1 aliphatic carbocycles. The number of aliphatic hydroxyl groups excluding tert-OH is 7. The second-order valence-electron chi connectivity index (χ2n) is 16.1. The van der Waals surface area contributed by atoms with E-state index in [0.717, 1.165) is 70.6 Å². The fourth-order valence-electron chi connectivity index (χ4n) is 6.94. The van der Waals surface area contributed by atoms with Crippen LogP contribution in [0.4, 0.5) is 0 Å². The van der Waals surface area contributed by atoms with Crippen LogP contribution in [0.5, 0.6) is 0 Å². The molecule has 8 unspecified atom stereocenters. The highest BCUT2D eigenvalue weighted by atomic mass is 31.2. The zero-order chi connectivity index (χ0) is 43.0. The standard InChI is InChI=1S/C44H82NO12P/c1-3-5-7-9-11-13-14-15-16-17-18-19-20-21-22-23-24-25-27-29-31-35(46)33-38(48)45-36(37(47)32-30-28-26-12-10-8-6-4-2)34-56-58(54,55)57-44-42(52)40(50)39(49)41(51)43(44)53/h10,12,20-21,30,32,35-37,39-44,46-47,49-53H,3-9,11,13-19,22-29,31,33-34H2,1-2H3,(H,45,48)(H,54,55)/b12-10+,21-20-,32-30+. The molecule has 1 rings (SSSR count). The first-order valence-corrected chi connectivity index (χ1v) is 24.0. The molecule has 13 nitrogen and oxygen atoms in total. The Hall–Kier alpha value is -1.48. The topological polar surface area (TPSA) is 226 Å². The summed E-state index contributed by atoms with van der Waals surface area (Å²) >= 11 is 0. The highest BCUT2D eigenvalue weighted by molar-refractivity contribution is 7.47. The summed E-state index contributed by atoms with van der Waals surface area (Å²) in [4.78, 5) is 23.3. The van der Waals surface area contributed by atoms with E-state index in [9.17, 15) is 50.0 Å². The second-order valence-corrected chi connectivity index (χ2v) is 17.5. The number of carbonyl (C=O) groups excluding carboxylic acids is 1. The molecule has 14 heteroatoms. The molecule has 0 radical (unpaired) electrons. The van der Waals surface area contributed by atoms with Gasteiger partial charge < -0.3 is 46.0 Å². The van der Waals surface area contributed by atoms with E-state index in [-0.39, 0.29) is 6.42 Å². The molecule has 8 atom stereocenters. The highest BCUT2D eigenvalue weighted by Crippen LogP contribution is 2.47. The molecular formula is C44H82NO12P. The normalized spacial score (nSPS) is 24.1. The zero-order valence-electron chi connectivity index (χ0n) is 35.7. The first kappa shape index (κ1) is 54.5. The van der Waals surface area contributed by atoms with Crippen LogP contribution in [-0.2, 0) is 18.4 Å². The third-order valence-corrected chi connectivity index (χ3v) is 11.7. The van der Waals surface area contributed by atoms with Crippen LogP contribution in [0.25, 0.3) is 0 Å². The minimum Gasteiger partial charge on any atom is -0.393 e. The van der Waals surface area contributed by atoms with Crippen molar-refractivity contribution in [1.29, 1.82) is 0 Å². The summed E-state index contributed by atoms with van der Waals surface area (Å²) in [6.07, 6.45) is 24.3. The average molecular weight is 848 g/mol. The number of unbranched alkanes of at least 4 members (excludes halogenated alkanes) is 19. The number of phosphoric ester groups is 1. The number of hydrogen-bond acceptors (Lipinski definition) is 11. The molecule has 0 aliphatic heterocycles. The molecule has 1 amide bonds. The van der Waals surface area contributed by atoms with Gasteiger partial charge in [-0.3, -0.25) is 13.8 Å². The Balaban J connectivity index is 2.45. The van der Waals surface area contributed by atoms with Gasteiger partial charge in [0.2, 0.25) is 5.91 Å². The lowest BCUT2D eigenvalue weighted by atomic mass is 9.85. The summed E-state index contributed by atoms with van der Waals surface area (Å²) in [5.41, 5.74) is 0. The van der Waals surface area contributed by atoms with Crippen molar-refractivity contribution in [3.8, 4) is 0 Å². The predicted molar refractivity (Wildman–Crippen MR) is 229 cm³/mol. The Kier molecular flexibility index (Phi) is 32.1. The number of hydrogen-bond donors (Lipinski definition) is 9. The number of carbonyl (C=O) groups is 1.